The van der Waals surface area contributed by atoms with Gasteiger partial charge >= 0.3 is 0 Å². The molecule has 3 N–H and O–H groups in total. The van der Waals surface area contributed by atoms with Crippen molar-refractivity contribution < 1.29 is 4.74 Å². The fraction of sp³-hybridized carbons (Fsp3) is 0.158. The van der Waals surface area contributed by atoms with Crippen LogP contribution in [0.3, 0.4) is 0 Å². The van der Waals surface area contributed by atoms with Crippen molar-refractivity contribution in [3.05, 3.63) is 174 Å². The lowest BCUT2D eigenvalue weighted by atomic mass is 9.76. The van der Waals surface area contributed by atoms with Gasteiger partial charge in [-0.05, 0) is 52.4 Å². The summed E-state index contributed by atoms with van der Waals surface area (Å²) in [6.07, 6.45) is 3.02. The average molecular weight is 552 g/mol. The molecule has 1 heterocycles. The first-order valence-corrected chi connectivity index (χ1v) is 14.6. The molecule has 1 atom stereocenters. The molecule has 0 radical (unpaired) electrons. The minimum absolute atomic E-state index is 0.100. The van der Waals surface area contributed by atoms with E-state index in [1.807, 2.05) is 12.1 Å². The lowest BCUT2D eigenvalue weighted by Gasteiger charge is -2.40. The Labute approximate surface area is 248 Å². The van der Waals surface area contributed by atoms with Gasteiger partial charge in [-0.25, -0.2) is 0 Å². The van der Waals surface area contributed by atoms with Gasteiger partial charge in [-0.1, -0.05) is 121 Å². The lowest BCUT2D eigenvalue weighted by Crippen LogP contribution is -2.53. The van der Waals surface area contributed by atoms with Gasteiger partial charge in [-0.15, -0.1) is 0 Å². The monoisotopic (exact) mass is 551 g/mol. The molecule has 0 aliphatic carbocycles. The van der Waals surface area contributed by atoms with Gasteiger partial charge in [0.25, 0.3) is 0 Å². The molecule has 0 fully saturated rings. The Bertz CT molecular complexity index is 1580. The SMILES string of the molecule is COc1ccc(CNCC(Cc2c[nH]c3ccccc23)NC(c2ccccc2)(c2ccccc2)c2ccccc2)cc1. The maximum atomic E-state index is 5.35. The standard InChI is InChI=1S/C38H37N3O/c1-42-35-23-21-29(22-24-35)26-39-28-34(25-30-27-40-37-20-12-11-19-36(30)37)41-38(31-13-5-2-6-14-31,32-15-7-3-8-16-32)33-17-9-4-10-18-33/h2-24,27,34,39-41H,25-26,28H2,1H3. The molecular formula is C38H37N3O. The molecule has 6 aromatic rings. The van der Waals surface area contributed by atoms with Crippen molar-refractivity contribution in [1.29, 1.82) is 0 Å². The smallest absolute Gasteiger partial charge is 0.118 e. The average Bonchev–Trinajstić information content (AvgIpc) is 3.47. The highest BCUT2D eigenvalue weighted by atomic mass is 16.5. The summed E-state index contributed by atoms with van der Waals surface area (Å²) < 4.78 is 5.35. The van der Waals surface area contributed by atoms with Gasteiger partial charge in [0, 0.05) is 36.2 Å². The van der Waals surface area contributed by atoms with Crippen LogP contribution in [0, 0.1) is 0 Å². The number of benzene rings is 5. The number of hydrogen-bond donors (Lipinski definition) is 3. The molecule has 0 aliphatic rings. The predicted octanol–water partition coefficient (Wildman–Crippen LogP) is 7.46. The van der Waals surface area contributed by atoms with Gasteiger partial charge in [-0.3, -0.25) is 5.32 Å². The fourth-order valence-corrected chi connectivity index (χ4v) is 5.99. The first-order valence-electron chi connectivity index (χ1n) is 14.6. The van der Waals surface area contributed by atoms with Gasteiger partial charge in [0.05, 0.1) is 12.6 Å². The van der Waals surface area contributed by atoms with Gasteiger partial charge < -0.3 is 15.0 Å². The van der Waals surface area contributed by atoms with E-state index in [-0.39, 0.29) is 6.04 Å². The zero-order valence-corrected chi connectivity index (χ0v) is 24.0. The summed E-state index contributed by atoms with van der Waals surface area (Å²) in [6, 6.07) is 49.4. The molecule has 0 spiro atoms. The minimum Gasteiger partial charge on any atom is -0.497 e. The number of aromatic amines is 1. The first-order chi connectivity index (χ1) is 20.8. The Kier molecular flexibility index (Phi) is 8.46. The summed E-state index contributed by atoms with van der Waals surface area (Å²) in [7, 11) is 1.70. The van der Waals surface area contributed by atoms with Crippen LogP contribution in [0.15, 0.2) is 146 Å². The number of methoxy groups -OCH3 is 1. The second-order valence-electron chi connectivity index (χ2n) is 10.7. The van der Waals surface area contributed by atoms with Crippen molar-refractivity contribution in [3.8, 4) is 5.75 Å². The Hall–Kier alpha value is -4.64. The molecule has 1 unspecified atom stereocenters. The van der Waals surface area contributed by atoms with Crippen LogP contribution in [0.4, 0.5) is 0 Å². The van der Waals surface area contributed by atoms with E-state index < -0.39 is 5.54 Å². The van der Waals surface area contributed by atoms with Gasteiger partial charge in [0.1, 0.15) is 5.75 Å². The Balaban J connectivity index is 1.40. The van der Waals surface area contributed by atoms with Crippen LogP contribution in [-0.4, -0.2) is 24.7 Å². The number of fused-ring (bicyclic) bond motifs is 1. The quantitative estimate of drug-likeness (QED) is 0.138. The number of nitrogens with one attached hydrogen (secondary N) is 3. The van der Waals surface area contributed by atoms with Crippen LogP contribution in [-0.2, 0) is 18.5 Å². The van der Waals surface area contributed by atoms with Crippen LogP contribution in [0.2, 0.25) is 0 Å². The highest BCUT2D eigenvalue weighted by Crippen LogP contribution is 2.37. The predicted molar refractivity (Wildman–Crippen MR) is 173 cm³/mol. The zero-order valence-electron chi connectivity index (χ0n) is 24.0. The number of rotatable bonds is 12. The third-order valence-corrected chi connectivity index (χ3v) is 8.06. The zero-order chi connectivity index (χ0) is 28.6. The molecular weight excluding hydrogens is 514 g/mol. The Morgan fingerprint density at radius 1 is 0.667 bits per heavy atom. The van der Waals surface area contributed by atoms with Crippen molar-refractivity contribution in [2.45, 2.75) is 24.5 Å². The van der Waals surface area contributed by atoms with E-state index >= 15 is 0 Å². The van der Waals surface area contributed by atoms with Gasteiger partial charge in [0.15, 0.2) is 0 Å². The Morgan fingerprint density at radius 2 is 1.21 bits per heavy atom. The summed E-state index contributed by atoms with van der Waals surface area (Å²) in [5.41, 5.74) is 6.77. The number of para-hydroxylation sites is 1. The molecule has 0 bridgehead atoms. The topological polar surface area (TPSA) is 49.1 Å². The first kappa shape index (κ1) is 27.5. The molecule has 4 nitrogen and oxygen atoms in total. The summed E-state index contributed by atoms with van der Waals surface area (Å²) in [6.45, 7) is 1.55. The summed E-state index contributed by atoms with van der Waals surface area (Å²) in [5, 5.41) is 9.26. The minimum atomic E-state index is -0.553. The van der Waals surface area contributed by atoms with Gasteiger partial charge in [0.2, 0.25) is 0 Å². The van der Waals surface area contributed by atoms with Crippen molar-refractivity contribution in [2.24, 2.45) is 0 Å². The van der Waals surface area contributed by atoms with E-state index in [9.17, 15) is 0 Å². The molecule has 0 amide bonds. The van der Waals surface area contributed by atoms with E-state index in [1.54, 1.807) is 7.11 Å². The summed E-state index contributed by atoms with van der Waals surface area (Å²) in [4.78, 5) is 3.48. The largest absolute Gasteiger partial charge is 0.497 e. The third kappa shape index (κ3) is 5.87. The van der Waals surface area contributed by atoms with E-state index in [1.165, 1.54) is 33.2 Å². The molecule has 210 valence electrons. The number of H-pyrrole nitrogens is 1. The third-order valence-electron chi connectivity index (χ3n) is 8.06. The molecule has 42 heavy (non-hydrogen) atoms. The van der Waals surface area contributed by atoms with Crippen LogP contribution in [0.5, 0.6) is 5.75 Å². The van der Waals surface area contributed by atoms with E-state index in [0.29, 0.717) is 0 Å². The van der Waals surface area contributed by atoms with Crippen LogP contribution in [0.25, 0.3) is 10.9 Å². The van der Waals surface area contributed by atoms with E-state index in [0.717, 1.165) is 30.8 Å². The number of hydrogen-bond acceptors (Lipinski definition) is 3. The molecule has 0 saturated heterocycles. The van der Waals surface area contributed by atoms with Crippen LogP contribution >= 0.6 is 0 Å². The second-order valence-corrected chi connectivity index (χ2v) is 10.7. The highest BCUT2D eigenvalue weighted by molar-refractivity contribution is 5.83. The fourth-order valence-electron chi connectivity index (χ4n) is 5.99. The van der Waals surface area contributed by atoms with Crippen molar-refractivity contribution in [3.63, 3.8) is 0 Å². The molecule has 0 aliphatic heterocycles. The normalized spacial score (nSPS) is 12.3. The second kappa shape index (κ2) is 12.9. The van der Waals surface area contributed by atoms with Crippen molar-refractivity contribution in [2.75, 3.05) is 13.7 Å². The van der Waals surface area contributed by atoms with E-state index in [4.69, 9.17) is 4.74 Å². The van der Waals surface area contributed by atoms with Gasteiger partial charge in [-0.2, -0.15) is 0 Å². The molecule has 1 aromatic heterocycles. The number of ether oxygens (including phenoxy) is 1. The van der Waals surface area contributed by atoms with Crippen molar-refractivity contribution in [1.82, 2.24) is 15.6 Å². The molecule has 4 heteroatoms. The summed E-state index contributed by atoms with van der Waals surface area (Å²) in [5.74, 6) is 0.871. The maximum absolute atomic E-state index is 5.35. The van der Waals surface area contributed by atoms with Crippen molar-refractivity contribution >= 4 is 10.9 Å². The number of aromatic nitrogens is 1. The van der Waals surface area contributed by atoms with E-state index in [2.05, 4.69) is 149 Å². The lowest BCUT2D eigenvalue weighted by molar-refractivity contribution is 0.372. The molecule has 6 rings (SSSR count). The Morgan fingerprint density at radius 3 is 1.79 bits per heavy atom. The maximum Gasteiger partial charge on any atom is 0.118 e. The van der Waals surface area contributed by atoms with Crippen LogP contribution < -0.4 is 15.4 Å². The van der Waals surface area contributed by atoms with Crippen LogP contribution in [0.1, 0.15) is 27.8 Å². The molecule has 5 aromatic carbocycles. The highest BCUT2D eigenvalue weighted by Gasteiger charge is 2.38. The molecule has 0 saturated carbocycles. The summed E-state index contributed by atoms with van der Waals surface area (Å²) >= 11 is 0.